The van der Waals surface area contributed by atoms with Crippen LogP contribution in [0.5, 0.6) is 0 Å². The van der Waals surface area contributed by atoms with Crippen molar-refractivity contribution in [1.29, 1.82) is 0 Å². The highest BCUT2D eigenvalue weighted by Gasteiger charge is 2.23. The van der Waals surface area contributed by atoms with Crippen LogP contribution in [0.15, 0.2) is 29.2 Å². The molecule has 1 saturated heterocycles. The lowest BCUT2D eigenvalue weighted by atomic mass is 10.1. The van der Waals surface area contributed by atoms with E-state index in [1.165, 1.54) is 19.3 Å². The second-order valence-corrected chi connectivity index (χ2v) is 5.81. The Labute approximate surface area is 119 Å². The van der Waals surface area contributed by atoms with Crippen molar-refractivity contribution in [3.63, 3.8) is 0 Å². The van der Waals surface area contributed by atoms with Gasteiger partial charge in [0.15, 0.2) is 0 Å². The summed E-state index contributed by atoms with van der Waals surface area (Å²) in [6, 6.07) is 7.91. The number of para-hydroxylation sites is 1. The number of rotatable bonds is 4. The maximum atomic E-state index is 12.3. The third-order valence-electron chi connectivity index (χ3n) is 3.68. The van der Waals surface area contributed by atoms with E-state index < -0.39 is 0 Å². The Hall–Kier alpha value is -1.00. The van der Waals surface area contributed by atoms with Gasteiger partial charge in [-0.3, -0.25) is 9.69 Å². The van der Waals surface area contributed by atoms with Gasteiger partial charge < -0.3 is 5.32 Å². The molecule has 1 atom stereocenters. The van der Waals surface area contributed by atoms with E-state index >= 15 is 0 Å². The van der Waals surface area contributed by atoms with E-state index in [1.807, 2.05) is 37.4 Å². The molecule has 0 unspecified atom stereocenters. The zero-order valence-corrected chi connectivity index (χ0v) is 12.5. The molecule has 1 aliphatic heterocycles. The van der Waals surface area contributed by atoms with Crippen LogP contribution in [0, 0.1) is 0 Å². The molecule has 2 rings (SSSR count). The number of nitrogens with zero attached hydrogens (tertiary/aromatic N) is 1. The number of likely N-dealkylation sites (tertiary alicyclic amines) is 1. The molecule has 1 fully saturated rings. The summed E-state index contributed by atoms with van der Waals surface area (Å²) >= 11 is 1.66. The van der Waals surface area contributed by atoms with Crippen LogP contribution in [-0.4, -0.2) is 36.2 Å². The van der Waals surface area contributed by atoms with Gasteiger partial charge in [0, 0.05) is 4.90 Å². The third-order valence-corrected chi connectivity index (χ3v) is 4.48. The molecule has 0 aromatic heterocycles. The fraction of sp³-hybridized carbons (Fsp3) is 0.533. The molecule has 1 aromatic carbocycles. The van der Waals surface area contributed by atoms with Crippen molar-refractivity contribution in [2.45, 2.75) is 37.1 Å². The first-order chi connectivity index (χ1) is 9.22. The van der Waals surface area contributed by atoms with Crippen molar-refractivity contribution in [3.8, 4) is 0 Å². The molecule has 1 amide bonds. The van der Waals surface area contributed by atoms with Crippen LogP contribution >= 0.6 is 11.8 Å². The Bertz CT molecular complexity index is 430. The number of benzene rings is 1. The molecule has 19 heavy (non-hydrogen) atoms. The first-order valence-electron chi connectivity index (χ1n) is 6.90. The third kappa shape index (κ3) is 3.74. The Balaban J connectivity index is 1.99. The molecule has 3 nitrogen and oxygen atoms in total. The summed E-state index contributed by atoms with van der Waals surface area (Å²) in [4.78, 5) is 15.7. The first kappa shape index (κ1) is 14.4. The molecule has 1 heterocycles. The number of piperidine rings is 1. The van der Waals surface area contributed by atoms with Crippen LogP contribution in [-0.2, 0) is 4.79 Å². The molecule has 1 aromatic rings. The van der Waals surface area contributed by atoms with Crippen LogP contribution in [0.4, 0.5) is 5.69 Å². The minimum Gasteiger partial charge on any atom is -0.324 e. The van der Waals surface area contributed by atoms with E-state index in [0.717, 1.165) is 23.7 Å². The maximum absolute atomic E-state index is 12.3. The lowest BCUT2D eigenvalue weighted by Crippen LogP contribution is -2.44. The standard InChI is InChI=1S/C15H22N2OS/c1-12(17-10-6-3-7-11-17)15(18)16-13-8-4-5-9-14(13)19-2/h4-5,8-9,12H,3,6-7,10-11H2,1-2H3,(H,16,18)/t12-/m1/s1. The summed E-state index contributed by atoms with van der Waals surface area (Å²) in [5, 5.41) is 3.06. The number of nitrogens with one attached hydrogen (secondary N) is 1. The van der Waals surface area contributed by atoms with Crippen LogP contribution in [0.25, 0.3) is 0 Å². The average molecular weight is 278 g/mol. The number of carbonyl (C=O) groups excluding carboxylic acids is 1. The van der Waals surface area contributed by atoms with Crippen molar-refractivity contribution >= 4 is 23.4 Å². The summed E-state index contributed by atoms with van der Waals surface area (Å²) in [5.41, 5.74) is 0.920. The van der Waals surface area contributed by atoms with Gasteiger partial charge in [-0.2, -0.15) is 0 Å². The normalized spacial score (nSPS) is 18.0. The molecule has 0 aliphatic carbocycles. The summed E-state index contributed by atoms with van der Waals surface area (Å²) in [6.45, 7) is 4.08. The summed E-state index contributed by atoms with van der Waals surface area (Å²) in [6.07, 6.45) is 5.73. The molecule has 0 saturated carbocycles. The highest BCUT2D eigenvalue weighted by atomic mass is 32.2. The van der Waals surface area contributed by atoms with Crippen molar-refractivity contribution < 1.29 is 4.79 Å². The van der Waals surface area contributed by atoms with E-state index in [9.17, 15) is 4.79 Å². The van der Waals surface area contributed by atoms with Gasteiger partial charge in [-0.15, -0.1) is 11.8 Å². The highest BCUT2D eigenvalue weighted by molar-refractivity contribution is 7.98. The molecular weight excluding hydrogens is 256 g/mol. The van der Waals surface area contributed by atoms with Crippen molar-refractivity contribution in [2.75, 3.05) is 24.7 Å². The lowest BCUT2D eigenvalue weighted by Gasteiger charge is -2.31. The molecule has 104 valence electrons. The molecule has 1 N–H and O–H groups in total. The van der Waals surface area contributed by atoms with Gasteiger partial charge in [0.05, 0.1) is 11.7 Å². The number of carbonyl (C=O) groups is 1. The van der Waals surface area contributed by atoms with Gasteiger partial charge in [-0.1, -0.05) is 18.6 Å². The molecular formula is C15H22N2OS. The lowest BCUT2D eigenvalue weighted by molar-refractivity contribution is -0.121. The zero-order chi connectivity index (χ0) is 13.7. The molecule has 0 radical (unpaired) electrons. The fourth-order valence-electron chi connectivity index (χ4n) is 2.46. The van der Waals surface area contributed by atoms with E-state index in [0.29, 0.717) is 0 Å². The fourth-order valence-corrected chi connectivity index (χ4v) is 3.01. The Morgan fingerprint density at radius 3 is 2.63 bits per heavy atom. The number of hydrogen-bond donors (Lipinski definition) is 1. The number of hydrogen-bond acceptors (Lipinski definition) is 3. The number of amides is 1. The number of thioether (sulfide) groups is 1. The van der Waals surface area contributed by atoms with Gasteiger partial charge >= 0.3 is 0 Å². The summed E-state index contributed by atoms with van der Waals surface area (Å²) < 4.78 is 0. The van der Waals surface area contributed by atoms with E-state index in [4.69, 9.17) is 0 Å². The second kappa shape index (κ2) is 6.96. The predicted octanol–water partition coefficient (Wildman–Crippen LogP) is 3.22. The van der Waals surface area contributed by atoms with Crippen LogP contribution in [0.1, 0.15) is 26.2 Å². The Kier molecular flexibility index (Phi) is 5.28. The average Bonchev–Trinajstić information content (AvgIpc) is 2.48. The van der Waals surface area contributed by atoms with Gasteiger partial charge in [-0.05, 0) is 51.2 Å². The molecule has 1 aliphatic rings. The van der Waals surface area contributed by atoms with Gasteiger partial charge in [0.1, 0.15) is 0 Å². The smallest absolute Gasteiger partial charge is 0.241 e. The van der Waals surface area contributed by atoms with E-state index in [-0.39, 0.29) is 11.9 Å². The van der Waals surface area contributed by atoms with Crippen LogP contribution in [0.2, 0.25) is 0 Å². The predicted molar refractivity (Wildman–Crippen MR) is 81.7 cm³/mol. The van der Waals surface area contributed by atoms with E-state index in [2.05, 4.69) is 10.2 Å². The SMILES string of the molecule is CSc1ccccc1NC(=O)[C@@H](C)N1CCCCC1. The van der Waals surface area contributed by atoms with Crippen LogP contribution in [0.3, 0.4) is 0 Å². The van der Waals surface area contributed by atoms with Gasteiger partial charge in [0.25, 0.3) is 0 Å². The molecule has 0 spiro atoms. The minimum absolute atomic E-state index is 0.0461. The van der Waals surface area contributed by atoms with Crippen molar-refractivity contribution in [3.05, 3.63) is 24.3 Å². The topological polar surface area (TPSA) is 32.3 Å². The van der Waals surface area contributed by atoms with Gasteiger partial charge in [-0.25, -0.2) is 0 Å². The second-order valence-electron chi connectivity index (χ2n) is 4.96. The number of anilines is 1. The largest absolute Gasteiger partial charge is 0.324 e. The molecule has 4 heteroatoms. The Morgan fingerprint density at radius 1 is 1.26 bits per heavy atom. The van der Waals surface area contributed by atoms with E-state index in [1.54, 1.807) is 11.8 Å². The molecule has 0 bridgehead atoms. The Morgan fingerprint density at radius 2 is 1.95 bits per heavy atom. The van der Waals surface area contributed by atoms with Crippen LogP contribution < -0.4 is 5.32 Å². The monoisotopic (exact) mass is 278 g/mol. The zero-order valence-electron chi connectivity index (χ0n) is 11.7. The minimum atomic E-state index is -0.0461. The summed E-state index contributed by atoms with van der Waals surface area (Å²) in [5.74, 6) is 0.100. The maximum Gasteiger partial charge on any atom is 0.241 e. The highest BCUT2D eigenvalue weighted by Crippen LogP contribution is 2.25. The summed E-state index contributed by atoms with van der Waals surface area (Å²) in [7, 11) is 0. The van der Waals surface area contributed by atoms with Crippen molar-refractivity contribution in [2.24, 2.45) is 0 Å². The van der Waals surface area contributed by atoms with Gasteiger partial charge in [0.2, 0.25) is 5.91 Å². The quantitative estimate of drug-likeness (QED) is 0.858. The van der Waals surface area contributed by atoms with Crippen molar-refractivity contribution in [1.82, 2.24) is 4.90 Å². The first-order valence-corrected chi connectivity index (χ1v) is 8.13.